The molecule has 0 aromatic rings. The first-order chi connectivity index (χ1) is 7.68. The van der Waals surface area contributed by atoms with E-state index in [1.54, 1.807) is 0 Å². The van der Waals surface area contributed by atoms with Crippen molar-refractivity contribution in [3.63, 3.8) is 0 Å². The van der Waals surface area contributed by atoms with Gasteiger partial charge in [-0.1, -0.05) is 13.8 Å². The van der Waals surface area contributed by atoms with Gasteiger partial charge in [-0.2, -0.15) is 11.8 Å². The van der Waals surface area contributed by atoms with Gasteiger partial charge in [0.15, 0.2) is 0 Å². The Balaban J connectivity index is 1.94. The molecule has 0 amide bonds. The summed E-state index contributed by atoms with van der Waals surface area (Å²) in [6, 6.07) is 2.29. The Morgan fingerprint density at radius 2 is 1.94 bits per heavy atom. The highest BCUT2D eigenvalue weighted by Crippen LogP contribution is 2.25. The fraction of sp³-hybridized carbons (Fsp3) is 1.00. The first-order valence-corrected chi connectivity index (χ1v) is 7.91. The van der Waals surface area contributed by atoms with Gasteiger partial charge in [-0.25, -0.2) is 0 Å². The van der Waals surface area contributed by atoms with E-state index in [9.17, 15) is 0 Å². The molecule has 2 heterocycles. The van der Waals surface area contributed by atoms with Crippen molar-refractivity contribution in [2.75, 3.05) is 24.6 Å². The largest absolute Gasteiger partial charge is 0.311 e. The maximum atomic E-state index is 3.69. The number of hydrogen-bond donors (Lipinski definition) is 1. The van der Waals surface area contributed by atoms with Gasteiger partial charge in [-0.05, 0) is 37.2 Å². The van der Waals surface area contributed by atoms with Gasteiger partial charge in [0.05, 0.1) is 0 Å². The van der Waals surface area contributed by atoms with Gasteiger partial charge in [-0.15, -0.1) is 0 Å². The molecule has 2 unspecified atom stereocenters. The van der Waals surface area contributed by atoms with Crippen molar-refractivity contribution in [2.24, 2.45) is 5.92 Å². The van der Waals surface area contributed by atoms with Gasteiger partial charge >= 0.3 is 0 Å². The summed E-state index contributed by atoms with van der Waals surface area (Å²) in [6.45, 7) is 9.48. The topological polar surface area (TPSA) is 15.3 Å². The third-order valence-electron chi connectivity index (χ3n) is 4.11. The van der Waals surface area contributed by atoms with Gasteiger partial charge in [0.2, 0.25) is 0 Å². The molecule has 2 fully saturated rings. The second-order valence-electron chi connectivity index (χ2n) is 5.65. The molecule has 0 aromatic heterocycles. The number of thioether (sulfide) groups is 1. The Kier molecular flexibility index (Phi) is 4.57. The van der Waals surface area contributed by atoms with Crippen LogP contribution >= 0.6 is 11.8 Å². The predicted molar refractivity (Wildman–Crippen MR) is 73.1 cm³/mol. The van der Waals surface area contributed by atoms with Crippen molar-refractivity contribution in [1.82, 2.24) is 10.2 Å². The molecule has 2 aliphatic rings. The first kappa shape index (κ1) is 12.7. The summed E-state index contributed by atoms with van der Waals surface area (Å²) in [5.74, 6) is 3.49. The molecule has 0 saturated carbocycles. The second-order valence-corrected chi connectivity index (χ2v) is 6.87. The molecule has 0 aliphatic carbocycles. The van der Waals surface area contributed by atoms with Crippen molar-refractivity contribution in [3.8, 4) is 0 Å². The molecule has 2 atom stereocenters. The first-order valence-electron chi connectivity index (χ1n) is 6.75. The van der Waals surface area contributed by atoms with Gasteiger partial charge in [0.1, 0.15) is 0 Å². The lowest BCUT2D eigenvalue weighted by molar-refractivity contribution is 0.0736. The molecule has 2 nitrogen and oxygen atoms in total. The maximum Gasteiger partial charge on any atom is 0.0218 e. The average Bonchev–Trinajstić information content (AvgIpc) is 2.30. The van der Waals surface area contributed by atoms with Crippen LogP contribution in [0.2, 0.25) is 0 Å². The second kappa shape index (κ2) is 5.74. The van der Waals surface area contributed by atoms with E-state index in [1.165, 1.54) is 37.4 Å². The molecule has 3 heteroatoms. The minimum Gasteiger partial charge on any atom is -0.311 e. The maximum absolute atomic E-state index is 3.69. The minimum absolute atomic E-state index is 0.700. The Bertz CT molecular complexity index is 214. The third-order valence-corrected chi connectivity index (χ3v) is 5.16. The van der Waals surface area contributed by atoms with Crippen LogP contribution in [0, 0.1) is 5.92 Å². The van der Waals surface area contributed by atoms with E-state index < -0.39 is 0 Å². The van der Waals surface area contributed by atoms with E-state index in [2.05, 4.69) is 42.7 Å². The van der Waals surface area contributed by atoms with Crippen molar-refractivity contribution in [3.05, 3.63) is 0 Å². The smallest absolute Gasteiger partial charge is 0.0218 e. The highest BCUT2D eigenvalue weighted by Gasteiger charge is 2.32. The molecule has 0 aromatic carbocycles. The number of nitrogens with zero attached hydrogens (tertiary/aromatic N) is 1. The molecule has 2 aliphatic heterocycles. The molecule has 94 valence electrons. The van der Waals surface area contributed by atoms with Crippen molar-refractivity contribution >= 4 is 11.8 Å². The van der Waals surface area contributed by atoms with Gasteiger partial charge in [-0.3, -0.25) is 4.90 Å². The normalized spacial score (nSPS) is 34.5. The Morgan fingerprint density at radius 1 is 1.25 bits per heavy atom. The highest BCUT2D eigenvalue weighted by molar-refractivity contribution is 7.99. The van der Waals surface area contributed by atoms with Crippen molar-refractivity contribution in [2.45, 2.75) is 51.7 Å². The van der Waals surface area contributed by atoms with Gasteiger partial charge in [0, 0.05) is 31.2 Å². The molecule has 0 spiro atoms. The summed E-state index contributed by atoms with van der Waals surface area (Å²) in [7, 11) is 0. The highest BCUT2D eigenvalue weighted by atomic mass is 32.2. The van der Waals surface area contributed by atoms with Crippen LogP contribution in [-0.4, -0.2) is 47.6 Å². The van der Waals surface area contributed by atoms with Crippen LogP contribution in [0.5, 0.6) is 0 Å². The standard InChI is InChI=1S/C13H26N2S/c1-10(2)13-9-15(11(3)8-14-13)12-4-6-16-7-5-12/h10-14H,4-9H2,1-3H3. The van der Waals surface area contributed by atoms with Crippen molar-refractivity contribution < 1.29 is 0 Å². The van der Waals surface area contributed by atoms with Gasteiger partial charge < -0.3 is 5.32 Å². The van der Waals surface area contributed by atoms with E-state index >= 15 is 0 Å². The van der Waals surface area contributed by atoms with Crippen LogP contribution in [-0.2, 0) is 0 Å². The summed E-state index contributed by atoms with van der Waals surface area (Å²) < 4.78 is 0. The van der Waals surface area contributed by atoms with Crippen LogP contribution in [0.4, 0.5) is 0 Å². The molecule has 2 rings (SSSR count). The zero-order chi connectivity index (χ0) is 11.5. The summed E-state index contributed by atoms with van der Waals surface area (Å²) in [6.07, 6.45) is 2.81. The monoisotopic (exact) mass is 242 g/mol. The van der Waals surface area contributed by atoms with Crippen LogP contribution in [0.15, 0.2) is 0 Å². The lowest BCUT2D eigenvalue weighted by Gasteiger charge is -2.45. The number of rotatable bonds is 2. The quantitative estimate of drug-likeness (QED) is 0.799. The minimum atomic E-state index is 0.700. The molecule has 2 saturated heterocycles. The summed E-state index contributed by atoms with van der Waals surface area (Å²) >= 11 is 2.13. The fourth-order valence-electron chi connectivity index (χ4n) is 2.88. The molecule has 16 heavy (non-hydrogen) atoms. The number of hydrogen-bond acceptors (Lipinski definition) is 3. The summed E-state index contributed by atoms with van der Waals surface area (Å²) in [4.78, 5) is 2.78. The Hall–Kier alpha value is 0.270. The lowest BCUT2D eigenvalue weighted by atomic mass is 9.97. The van der Waals surface area contributed by atoms with E-state index in [-0.39, 0.29) is 0 Å². The van der Waals surface area contributed by atoms with Crippen LogP contribution in [0.1, 0.15) is 33.6 Å². The SMILES string of the molecule is CC(C)C1CN(C2CCSCC2)C(C)CN1. The van der Waals surface area contributed by atoms with Gasteiger partial charge in [0.25, 0.3) is 0 Å². The van der Waals surface area contributed by atoms with E-state index in [0.717, 1.165) is 18.0 Å². The molecule has 0 bridgehead atoms. The third kappa shape index (κ3) is 2.93. The zero-order valence-corrected chi connectivity index (χ0v) is 11.7. The fourth-order valence-corrected chi connectivity index (χ4v) is 3.96. The zero-order valence-electron chi connectivity index (χ0n) is 10.9. The molecule has 1 N–H and O–H groups in total. The lowest BCUT2D eigenvalue weighted by Crippen LogP contribution is -2.60. The van der Waals surface area contributed by atoms with E-state index in [4.69, 9.17) is 0 Å². The van der Waals surface area contributed by atoms with Crippen LogP contribution in [0.3, 0.4) is 0 Å². The van der Waals surface area contributed by atoms with E-state index in [1.807, 2.05) is 0 Å². The molecular weight excluding hydrogens is 216 g/mol. The predicted octanol–water partition coefficient (Wildman–Crippen LogP) is 2.20. The van der Waals surface area contributed by atoms with E-state index in [0.29, 0.717) is 6.04 Å². The van der Waals surface area contributed by atoms with Crippen LogP contribution < -0.4 is 5.32 Å². The van der Waals surface area contributed by atoms with Crippen LogP contribution in [0.25, 0.3) is 0 Å². The Morgan fingerprint density at radius 3 is 2.56 bits per heavy atom. The average molecular weight is 242 g/mol. The molecular formula is C13H26N2S. The summed E-state index contributed by atoms with van der Waals surface area (Å²) in [5, 5.41) is 3.69. The summed E-state index contributed by atoms with van der Waals surface area (Å²) in [5.41, 5.74) is 0. The molecule has 0 radical (unpaired) electrons. The number of piperazine rings is 1. The Labute approximate surface area is 105 Å². The van der Waals surface area contributed by atoms with Crippen molar-refractivity contribution in [1.29, 1.82) is 0 Å². The number of nitrogens with one attached hydrogen (secondary N) is 1.